The Hall–Kier alpha value is -3.39. The standard InChI is InChI=1S/C20H17FN2O5/c21-18-9-15(5-6-17(18)14-3-1-13(11-24)2-4-14)23-10-16(28-20(23)25)12-26-19-7-8-27-22-19/h1-9,16,24H,10-12H2. The van der Waals surface area contributed by atoms with Gasteiger partial charge in [0.15, 0.2) is 6.10 Å². The molecule has 8 heteroatoms. The fraction of sp³-hybridized carbons (Fsp3) is 0.200. The van der Waals surface area contributed by atoms with Crippen molar-refractivity contribution in [3.8, 4) is 17.0 Å². The van der Waals surface area contributed by atoms with E-state index in [0.717, 1.165) is 5.56 Å². The first-order valence-electron chi connectivity index (χ1n) is 8.65. The summed E-state index contributed by atoms with van der Waals surface area (Å²) in [6.07, 6.45) is 0.315. The molecule has 1 N–H and O–H groups in total. The second-order valence-electron chi connectivity index (χ2n) is 6.28. The van der Waals surface area contributed by atoms with E-state index in [9.17, 15) is 9.18 Å². The van der Waals surface area contributed by atoms with Crippen LogP contribution in [0.2, 0.25) is 0 Å². The lowest BCUT2D eigenvalue weighted by atomic mass is 10.0. The van der Waals surface area contributed by atoms with E-state index in [1.807, 2.05) is 0 Å². The topological polar surface area (TPSA) is 85.0 Å². The Kier molecular flexibility index (Phi) is 4.94. The quantitative estimate of drug-likeness (QED) is 0.701. The molecule has 3 aromatic rings. The molecule has 1 aliphatic rings. The normalized spacial score (nSPS) is 16.3. The Morgan fingerprint density at radius 2 is 2.04 bits per heavy atom. The summed E-state index contributed by atoms with van der Waals surface area (Å²) in [7, 11) is 0. The third-order valence-corrected chi connectivity index (χ3v) is 4.42. The maximum atomic E-state index is 14.7. The van der Waals surface area contributed by atoms with Gasteiger partial charge < -0.3 is 19.1 Å². The monoisotopic (exact) mass is 384 g/mol. The van der Waals surface area contributed by atoms with Crippen molar-refractivity contribution in [1.29, 1.82) is 0 Å². The molecular weight excluding hydrogens is 367 g/mol. The number of hydrogen-bond donors (Lipinski definition) is 1. The number of carbonyl (C=O) groups excluding carboxylic acids is 1. The molecule has 1 saturated heterocycles. The van der Waals surface area contributed by atoms with E-state index in [1.54, 1.807) is 42.5 Å². The van der Waals surface area contributed by atoms with Crippen LogP contribution in [-0.4, -0.2) is 35.6 Å². The lowest BCUT2D eigenvalue weighted by molar-refractivity contribution is 0.102. The molecule has 2 heterocycles. The summed E-state index contributed by atoms with van der Waals surface area (Å²) < 4.78 is 30.0. The number of nitrogens with zero attached hydrogens (tertiary/aromatic N) is 2. The van der Waals surface area contributed by atoms with E-state index in [4.69, 9.17) is 14.6 Å². The van der Waals surface area contributed by atoms with Crippen LogP contribution in [0.15, 0.2) is 59.3 Å². The first-order valence-corrected chi connectivity index (χ1v) is 8.65. The number of amides is 1. The number of halogens is 1. The van der Waals surface area contributed by atoms with Crippen molar-refractivity contribution in [3.05, 3.63) is 66.2 Å². The largest absolute Gasteiger partial charge is 0.471 e. The molecule has 1 fully saturated rings. The summed E-state index contributed by atoms with van der Waals surface area (Å²) >= 11 is 0. The molecule has 1 unspecified atom stereocenters. The second-order valence-corrected chi connectivity index (χ2v) is 6.28. The van der Waals surface area contributed by atoms with E-state index >= 15 is 0 Å². The Morgan fingerprint density at radius 1 is 1.21 bits per heavy atom. The van der Waals surface area contributed by atoms with Crippen molar-refractivity contribution in [1.82, 2.24) is 5.16 Å². The smallest absolute Gasteiger partial charge is 0.414 e. The Balaban J connectivity index is 1.46. The fourth-order valence-electron chi connectivity index (χ4n) is 2.97. The number of cyclic esters (lactones) is 1. The number of carbonyl (C=O) groups is 1. The van der Waals surface area contributed by atoms with Gasteiger partial charge in [0.1, 0.15) is 18.7 Å². The number of aliphatic hydroxyl groups is 1. The third-order valence-electron chi connectivity index (χ3n) is 4.42. The van der Waals surface area contributed by atoms with Crippen molar-refractivity contribution < 1.29 is 28.3 Å². The summed E-state index contributed by atoms with van der Waals surface area (Å²) in [6, 6.07) is 13.1. The van der Waals surface area contributed by atoms with Crippen LogP contribution in [0.1, 0.15) is 5.56 Å². The molecule has 0 bridgehead atoms. The van der Waals surface area contributed by atoms with Crippen molar-refractivity contribution in [2.75, 3.05) is 18.1 Å². The SMILES string of the molecule is O=C1OC(COc2ccon2)CN1c1ccc(-c2ccc(CO)cc2)c(F)c1. The van der Waals surface area contributed by atoms with Gasteiger partial charge in [-0.15, -0.1) is 0 Å². The lowest BCUT2D eigenvalue weighted by Crippen LogP contribution is -2.26. The molecule has 0 saturated carbocycles. The van der Waals surface area contributed by atoms with Crippen LogP contribution in [0.25, 0.3) is 11.1 Å². The Morgan fingerprint density at radius 3 is 2.71 bits per heavy atom. The minimum Gasteiger partial charge on any atom is -0.471 e. The zero-order chi connectivity index (χ0) is 19.5. The van der Waals surface area contributed by atoms with Gasteiger partial charge in [-0.3, -0.25) is 4.90 Å². The zero-order valence-corrected chi connectivity index (χ0v) is 14.7. The van der Waals surface area contributed by atoms with Gasteiger partial charge in [-0.25, -0.2) is 9.18 Å². The first kappa shape index (κ1) is 18.0. The molecule has 1 aromatic heterocycles. The Bertz CT molecular complexity index is 959. The maximum absolute atomic E-state index is 14.7. The van der Waals surface area contributed by atoms with Gasteiger partial charge in [-0.05, 0) is 34.5 Å². The van der Waals surface area contributed by atoms with Crippen LogP contribution < -0.4 is 9.64 Å². The van der Waals surface area contributed by atoms with Crippen molar-refractivity contribution >= 4 is 11.8 Å². The lowest BCUT2D eigenvalue weighted by Gasteiger charge is -2.14. The highest BCUT2D eigenvalue weighted by Gasteiger charge is 2.33. The maximum Gasteiger partial charge on any atom is 0.414 e. The number of hydrogen-bond acceptors (Lipinski definition) is 6. The predicted octanol–water partition coefficient (Wildman–Crippen LogP) is 3.38. The van der Waals surface area contributed by atoms with Gasteiger partial charge >= 0.3 is 6.09 Å². The number of anilines is 1. The zero-order valence-electron chi connectivity index (χ0n) is 14.7. The number of ether oxygens (including phenoxy) is 2. The third kappa shape index (κ3) is 3.67. The molecule has 0 aliphatic carbocycles. The van der Waals surface area contributed by atoms with Gasteiger partial charge in [-0.1, -0.05) is 24.3 Å². The average Bonchev–Trinajstić information content (AvgIpc) is 3.36. The number of rotatable bonds is 6. The van der Waals surface area contributed by atoms with Crippen molar-refractivity contribution in [3.63, 3.8) is 0 Å². The van der Waals surface area contributed by atoms with E-state index in [2.05, 4.69) is 9.68 Å². The highest BCUT2D eigenvalue weighted by molar-refractivity contribution is 5.90. The summed E-state index contributed by atoms with van der Waals surface area (Å²) in [5, 5.41) is 12.7. The van der Waals surface area contributed by atoms with Gasteiger partial charge in [0.2, 0.25) is 0 Å². The van der Waals surface area contributed by atoms with Gasteiger partial charge in [-0.2, -0.15) is 0 Å². The Labute approximate surface area is 159 Å². The molecule has 144 valence electrons. The molecule has 2 aromatic carbocycles. The van der Waals surface area contributed by atoms with Crippen LogP contribution in [-0.2, 0) is 11.3 Å². The van der Waals surface area contributed by atoms with Crippen LogP contribution in [0.5, 0.6) is 5.88 Å². The van der Waals surface area contributed by atoms with Crippen molar-refractivity contribution in [2.45, 2.75) is 12.7 Å². The van der Waals surface area contributed by atoms with Crippen LogP contribution in [0.4, 0.5) is 14.9 Å². The fourth-order valence-corrected chi connectivity index (χ4v) is 2.97. The molecular formula is C20H17FN2O5. The molecule has 28 heavy (non-hydrogen) atoms. The van der Waals surface area contributed by atoms with Gasteiger partial charge in [0.25, 0.3) is 5.88 Å². The first-order chi connectivity index (χ1) is 13.6. The van der Waals surface area contributed by atoms with Crippen LogP contribution in [0.3, 0.4) is 0 Å². The van der Waals surface area contributed by atoms with E-state index in [-0.39, 0.29) is 19.8 Å². The van der Waals surface area contributed by atoms with E-state index in [1.165, 1.54) is 17.2 Å². The number of aromatic nitrogens is 1. The molecule has 4 rings (SSSR count). The van der Waals surface area contributed by atoms with Crippen LogP contribution >= 0.6 is 0 Å². The summed E-state index contributed by atoms with van der Waals surface area (Å²) in [6.45, 7) is 0.285. The molecule has 0 radical (unpaired) electrons. The molecule has 1 amide bonds. The number of benzene rings is 2. The highest BCUT2D eigenvalue weighted by Crippen LogP contribution is 2.29. The summed E-state index contributed by atoms with van der Waals surface area (Å²) in [4.78, 5) is 13.5. The summed E-state index contributed by atoms with van der Waals surface area (Å²) in [5.41, 5.74) is 2.25. The minimum absolute atomic E-state index is 0.0691. The van der Waals surface area contributed by atoms with Gasteiger partial charge in [0, 0.05) is 11.6 Å². The van der Waals surface area contributed by atoms with E-state index < -0.39 is 18.0 Å². The predicted molar refractivity (Wildman–Crippen MR) is 97.4 cm³/mol. The summed E-state index contributed by atoms with van der Waals surface area (Å²) in [5.74, 6) is -0.151. The minimum atomic E-state index is -0.562. The average molecular weight is 384 g/mol. The highest BCUT2D eigenvalue weighted by atomic mass is 19.1. The molecule has 0 spiro atoms. The second kappa shape index (κ2) is 7.69. The molecule has 1 aliphatic heterocycles. The number of aliphatic hydroxyl groups excluding tert-OH is 1. The van der Waals surface area contributed by atoms with Gasteiger partial charge in [0.05, 0.1) is 18.8 Å². The van der Waals surface area contributed by atoms with Crippen molar-refractivity contribution in [2.24, 2.45) is 0 Å². The molecule has 7 nitrogen and oxygen atoms in total. The molecule has 1 atom stereocenters. The van der Waals surface area contributed by atoms with E-state index in [0.29, 0.717) is 22.7 Å². The van der Waals surface area contributed by atoms with Crippen LogP contribution in [0, 0.1) is 5.82 Å².